The van der Waals surface area contributed by atoms with Crippen LogP contribution in [0.4, 0.5) is 11.4 Å². The molecular formula is C28H37ClN8O. The van der Waals surface area contributed by atoms with Crippen molar-refractivity contribution in [3.8, 4) is 11.4 Å². The highest BCUT2D eigenvalue weighted by atomic mass is 35.5. The number of rotatable bonds is 7. The Labute approximate surface area is 229 Å². The number of aromatic amines is 1. The molecule has 2 saturated heterocycles. The Morgan fingerprint density at radius 3 is 2.53 bits per heavy atom. The molecule has 4 heterocycles. The number of hydrogen-bond donors (Lipinski definition) is 3. The molecular weight excluding hydrogens is 500 g/mol. The lowest BCUT2D eigenvalue weighted by Gasteiger charge is -2.33. The Morgan fingerprint density at radius 1 is 1.16 bits per heavy atom. The van der Waals surface area contributed by atoms with Gasteiger partial charge in [0, 0.05) is 74.0 Å². The number of nitrogens with zero attached hydrogens (tertiary/aromatic N) is 5. The van der Waals surface area contributed by atoms with Crippen molar-refractivity contribution < 1.29 is 4.74 Å². The molecule has 1 aromatic carbocycles. The SMILES string of the molecule is CN=C(C)C(CN1CCC(Nc2c(Cl)cnc3nc(-c4ccc(N5CCOCC5)cc4)[nH]c23)CC1)=C(C)N. The number of nitrogens with two attached hydrogens (primary N) is 1. The number of halogens is 1. The Morgan fingerprint density at radius 2 is 1.87 bits per heavy atom. The monoisotopic (exact) mass is 536 g/mol. The first-order chi connectivity index (χ1) is 18.4. The van der Waals surface area contributed by atoms with Gasteiger partial charge in [-0.15, -0.1) is 0 Å². The smallest absolute Gasteiger partial charge is 0.180 e. The zero-order valence-electron chi connectivity index (χ0n) is 22.4. The van der Waals surface area contributed by atoms with Gasteiger partial charge in [-0.05, 0) is 51.0 Å². The summed E-state index contributed by atoms with van der Waals surface area (Å²) in [6, 6.07) is 8.79. The van der Waals surface area contributed by atoms with E-state index in [-0.39, 0.29) is 0 Å². The summed E-state index contributed by atoms with van der Waals surface area (Å²) in [5, 5.41) is 4.28. The molecule has 0 radical (unpaired) electrons. The van der Waals surface area contributed by atoms with Crippen LogP contribution in [-0.4, -0.2) is 84.6 Å². The molecule has 2 aromatic heterocycles. The predicted octanol–water partition coefficient (Wildman–Crippen LogP) is 4.31. The zero-order valence-corrected chi connectivity index (χ0v) is 23.2. The lowest BCUT2D eigenvalue weighted by atomic mass is 10.0. The number of pyridine rings is 1. The second-order valence-electron chi connectivity index (χ2n) is 10.1. The molecule has 0 bridgehead atoms. The number of fused-ring (bicyclic) bond motifs is 1. The Hall–Kier alpha value is -3.14. The van der Waals surface area contributed by atoms with Crippen LogP contribution < -0.4 is 16.0 Å². The van der Waals surface area contributed by atoms with Gasteiger partial charge in [0.1, 0.15) is 11.3 Å². The van der Waals surface area contributed by atoms with E-state index in [0.29, 0.717) is 16.7 Å². The van der Waals surface area contributed by atoms with Gasteiger partial charge in [0.2, 0.25) is 0 Å². The molecule has 3 aromatic rings. The normalized spacial score (nSPS) is 18.6. The highest BCUT2D eigenvalue weighted by molar-refractivity contribution is 6.34. The summed E-state index contributed by atoms with van der Waals surface area (Å²) in [6.07, 6.45) is 3.69. The third-order valence-corrected chi connectivity index (χ3v) is 7.84. The quantitative estimate of drug-likeness (QED) is 0.386. The van der Waals surface area contributed by atoms with Crippen molar-refractivity contribution in [2.45, 2.75) is 32.7 Å². The molecule has 2 fully saturated rings. The molecule has 0 amide bonds. The van der Waals surface area contributed by atoms with Crippen molar-refractivity contribution in [3.05, 3.63) is 46.8 Å². The van der Waals surface area contributed by atoms with Gasteiger partial charge in [-0.2, -0.15) is 0 Å². The molecule has 2 aliphatic heterocycles. The van der Waals surface area contributed by atoms with Gasteiger partial charge in [0.25, 0.3) is 0 Å². The number of morpholine rings is 1. The van der Waals surface area contributed by atoms with Gasteiger partial charge in [-0.25, -0.2) is 9.97 Å². The Bertz CT molecular complexity index is 1310. The van der Waals surface area contributed by atoms with E-state index in [1.807, 2.05) is 20.9 Å². The van der Waals surface area contributed by atoms with Crippen molar-refractivity contribution in [2.24, 2.45) is 10.7 Å². The van der Waals surface area contributed by atoms with Gasteiger partial charge in [0.15, 0.2) is 5.65 Å². The van der Waals surface area contributed by atoms with E-state index in [4.69, 9.17) is 27.1 Å². The lowest BCUT2D eigenvalue weighted by molar-refractivity contribution is 0.122. The Balaban J connectivity index is 1.28. The van der Waals surface area contributed by atoms with Gasteiger partial charge in [-0.3, -0.25) is 9.89 Å². The minimum atomic E-state index is 0.307. The maximum absolute atomic E-state index is 6.64. The summed E-state index contributed by atoms with van der Waals surface area (Å²) in [4.78, 5) is 21.9. The molecule has 0 unspecified atom stereocenters. The minimum absolute atomic E-state index is 0.307. The van der Waals surface area contributed by atoms with Crippen molar-refractivity contribution in [2.75, 3.05) is 63.2 Å². The fourth-order valence-corrected chi connectivity index (χ4v) is 5.38. The average Bonchev–Trinajstić information content (AvgIpc) is 3.39. The molecule has 10 heteroatoms. The fraction of sp³-hybridized carbons (Fsp3) is 0.464. The lowest BCUT2D eigenvalue weighted by Crippen LogP contribution is -2.41. The van der Waals surface area contributed by atoms with E-state index >= 15 is 0 Å². The number of nitrogens with one attached hydrogen (secondary N) is 2. The second-order valence-corrected chi connectivity index (χ2v) is 10.5. The number of imidazole rings is 1. The number of piperidine rings is 1. The largest absolute Gasteiger partial charge is 0.402 e. The van der Waals surface area contributed by atoms with Gasteiger partial charge >= 0.3 is 0 Å². The van der Waals surface area contributed by atoms with E-state index in [9.17, 15) is 0 Å². The zero-order chi connectivity index (χ0) is 26.6. The van der Waals surface area contributed by atoms with Crippen LogP contribution in [0.3, 0.4) is 0 Å². The highest BCUT2D eigenvalue weighted by Crippen LogP contribution is 2.32. The number of anilines is 2. The van der Waals surface area contributed by atoms with Crippen LogP contribution in [0.5, 0.6) is 0 Å². The van der Waals surface area contributed by atoms with Crippen LogP contribution in [0.15, 0.2) is 46.7 Å². The van der Waals surface area contributed by atoms with Crippen LogP contribution in [0.1, 0.15) is 26.7 Å². The summed E-state index contributed by atoms with van der Waals surface area (Å²) in [5.41, 5.74) is 13.7. The van der Waals surface area contributed by atoms with Crippen molar-refractivity contribution in [3.63, 3.8) is 0 Å². The Kier molecular flexibility index (Phi) is 8.16. The summed E-state index contributed by atoms with van der Waals surface area (Å²) in [5.74, 6) is 0.783. The fourth-order valence-electron chi connectivity index (χ4n) is 5.19. The molecule has 0 atom stereocenters. The van der Waals surface area contributed by atoms with E-state index in [2.05, 4.69) is 54.3 Å². The first-order valence-corrected chi connectivity index (χ1v) is 13.7. The van der Waals surface area contributed by atoms with Crippen LogP contribution in [0.2, 0.25) is 5.02 Å². The first-order valence-electron chi connectivity index (χ1n) is 13.3. The maximum Gasteiger partial charge on any atom is 0.180 e. The number of ether oxygens (including phenoxy) is 1. The molecule has 202 valence electrons. The molecule has 9 nitrogen and oxygen atoms in total. The molecule has 2 aliphatic rings. The predicted molar refractivity (Wildman–Crippen MR) is 156 cm³/mol. The van der Waals surface area contributed by atoms with E-state index in [0.717, 1.165) is 98.4 Å². The molecule has 5 rings (SSSR count). The van der Waals surface area contributed by atoms with Crippen molar-refractivity contribution >= 4 is 39.9 Å². The summed E-state index contributed by atoms with van der Waals surface area (Å²) < 4.78 is 5.47. The third kappa shape index (κ3) is 5.80. The molecule has 0 aliphatic carbocycles. The van der Waals surface area contributed by atoms with Crippen LogP contribution in [0, 0.1) is 0 Å². The third-order valence-electron chi connectivity index (χ3n) is 7.56. The van der Waals surface area contributed by atoms with E-state index in [1.54, 1.807) is 6.20 Å². The number of H-pyrrole nitrogens is 1. The second kappa shape index (κ2) is 11.7. The molecule has 38 heavy (non-hydrogen) atoms. The molecule has 4 N–H and O–H groups in total. The van der Waals surface area contributed by atoms with Crippen molar-refractivity contribution in [1.82, 2.24) is 19.9 Å². The number of aliphatic imine (C=N–C) groups is 1. The number of allylic oxidation sites excluding steroid dienone is 1. The van der Waals surface area contributed by atoms with Crippen LogP contribution >= 0.6 is 11.6 Å². The molecule has 0 saturated carbocycles. The summed E-state index contributed by atoms with van der Waals surface area (Å²) >= 11 is 6.64. The topological polar surface area (TPSA) is 108 Å². The number of aromatic nitrogens is 3. The number of likely N-dealkylation sites (tertiary alicyclic amines) is 1. The van der Waals surface area contributed by atoms with E-state index in [1.165, 1.54) is 5.69 Å². The maximum atomic E-state index is 6.64. The number of hydrogen-bond acceptors (Lipinski definition) is 8. The molecule has 0 spiro atoms. The van der Waals surface area contributed by atoms with Crippen LogP contribution in [0.25, 0.3) is 22.6 Å². The number of benzene rings is 1. The van der Waals surface area contributed by atoms with Gasteiger partial charge in [-0.1, -0.05) is 11.6 Å². The minimum Gasteiger partial charge on any atom is -0.402 e. The standard InChI is InChI=1S/C28H37ClN8O/c1-18(30)23(19(2)31-3)17-36-10-8-21(9-11-36)33-25-24(29)16-32-28-26(25)34-27(35-28)20-4-6-22(7-5-20)37-12-14-38-15-13-37/h4-7,16,21H,8-15,17,30H2,1-3H3,(H2,32,33,34,35). The van der Waals surface area contributed by atoms with Gasteiger partial charge in [0.05, 0.1) is 30.1 Å². The highest BCUT2D eigenvalue weighted by Gasteiger charge is 2.23. The van der Waals surface area contributed by atoms with E-state index < -0.39 is 0 Å². The van der Waals surface area contributed by atoms with Gasteiger partial charge < -0.3 is 25.7 Å². The van der Waals surface area contributed by atoms with Crippen molar-refractivity contribution in [1.29, 1.82) is 0 Å². The average molecular weight is 537 g/mol. The summed E-state index contributed by atoms with van der Waals surface area (Å²) in [7, 11) is 1.81. The first kappa shape index (κ1) is 26.5. The van der Waals surface area contributed by atoms with Crippen LogP contribution in [-0.2, 0) is 4.74 Å². The summed E-state index contributed by atoms with van der Waals surface area (Å²) in [6.45, 7) is 10.1.